The standard InChI is InChI=1S/C10H13BrN2O/c11-9-5-8(7-14)10(12-6-9)13-3-1-2-4-13/h5-6,14H,1-4,7H2. The van der Waals surface area contributed by atoms with Crippen molar-refractivity contribution in [3.63, 3.8) is 0 Å². The molecule has 1 N–H and O–H groups in total. The molecule has 0 atom stereocenters. The third-order valence-electron chi connectivity index (χ3n) is 2.49. The molecule has 1 aromatic rings. The summed E-state index contributed by atoms with van der Waals surface area (Å²) in [5, 5.41) is 9.22. The summed E-state index contributed by atoms with van der Waals surface area (Å²) in [6.07, 6.45) is 4.23. The first-order chi connectivity index (χ1) is 6.81. The maximum Gasteiger partial charge on any atom is 0.134 e. The second-order valence-electron chi connectivity index (χ2n) is 3.49. The van der Waals surface area contributed by atoms with Gasteiger partial charge in [-0.1, -0.05) is 0 Å². The van der Waals surface area contributed by atoms with Gasteiger partial charge in [-0.25, -0.2) is 4.98 Å². The largest absolute Gasteiger partial charge is 0.392 e. The van der Waals surface area contributed by atoms with Gasteiger partial charge in [0.15, 0.2) is 0 Å². The van der Waals surface area contributed by atoms with E-state index in [0.717, 1.165) is 28.9 Å². The fourth-order valence-electron chi connectivity index (χ4n) is 1.80. The Morgan fingerprint density at radius 2 is 2.14 bits per heavy atom. The molecule has 2 heterocycles. The number of halogens is 1. The van der Waals surface area contributed by atoms with Gasteiger partial charge in [-0.3, -0.25) is 0 Å². The van der Waals surface area contributed by atoms with Crippen LogP contribution < -0.4 is 4.90 Å². The summed E-state index contributed by atoms with van der Waals surface area (Å²) < 4.78 is 0.921. The molecule has 14 heavy (non-hydrogen) atoms. The summed E-state index contributed by atoms with van der Waals surface area (Å²) in [6.45, 7) is 2.17. The van der Waals surface area contributed by atoms with Crippen molar-refractivity contribution >= 4 is 21.7 Å². The number of aliphatic hydroxyl groups excluding tert-OH is 1. The fraction of sp³-hybridized carbons (Fsp3) is 0.500. The number of nitrogens with zero attached hydrogens (tertiary/aromatic N) is 2. The first-order valence-electron chi connectivity index (χ1n) is 4.81. The quantitative estimate of drug-likeness (QED) is 0.879. The van der Waals surface area contributed by atoms with Gasteiger partial charge in [0.05, 0.1) is 6.61 Å². The molecule has 1 aliphatic heterocycles. The molecule has 2 rings (SSSR count). The zero-order valence-corrected chi connectivity index (χ0v) is 9.50. The SMILES string of the molecule is OCc1cc(Br)cnc1N1CCCC1. The minimum Gasteiger partial charge on any atom is -0.392 e. The van der Waals surface area contributed by atoms with Crippen LogP contribution in [0.15, 0.2) is 16.7 Å². The van der Waals surface area contributed by atoms with E-state index in [1.54, 1.807) is 6.20 Å². The van der Waals surface area contributed by atoms with Crippen LogP contribution in [0.4, 0.5) is 5.82 Å². The van der Waals surface area contributed by atoms with E-state index >= 15 is 0 Å². The van der Waals surface area contributed by atoms with E-state index in [4.69, 9.17) is 0 Å². The third-order valence-corrected chi connectivity index (χ3v) is 2.92. The van der Waals surface area contributed by atoms with Crippen LogP contribution >= 0.6 is 15.9 Å². The molecule has 0 unspecified atom stereocenters. The average Bonchev–Trinajstić information content (AvgIpc) is 2.70. The van der Waals surface area contributed by atoms with Crippen molar-refractivity contribution in [1.82, 2.24) is 4.98 Å². The third kappa shape index (κ3) is 1.91. The Hall–Kier alpha value is -0.610. The first-order valence-corrected chi connectivity index (χ1v) is 5.61. The Kier molecular flexibility index (Phi) is 3.03. The Morgan fingerprint density at radius 1 is 1.43 bits per heavy atom. The molecule has 0 aliphatic carbocycles. The molecule has 0 bridgehead atoms. The smallest absolute Gasteiger partial charge is 0.134 e. The molecule has 1 aromatic heterocycles. The van der Waals surface area contributed by atoms with Crippen molar-refractivity contribution in [3.8, 4) is 0 Å². The minimum absolute atomic E-state index is 0.0538. The van der Waals surface area contributed by atoms with Gasteiger partial charge >= 0.3 is 0 Å². The number of pyridine rings is 1. The molecule has 0 aromatic carbocycles. The second-order valence-corrected chi connectivity index (χ2v) is 4.40. The Labute approximate surface area is 91.9 Å². The second kappa shape index (κ2) is 4.28. The maximum absolute atomic E-state index is 9.22. The fourth-order valence-corrected chi connectivity index (χ4v) is 2.18. The van der Waals surface area contributed by atoms with E-state index in [-0.39, 0.29) is 6.61 Å². The van der Waals surface area contributed by atoms with Crippen molar-refractivity contribution in [2.75, 3.05) is 18.0 Å². The number of rotatable bonds is 2. The van der Waals surface area contributed by atoms with Crippen molar-refractivity contribution < 1.29 is 5.11 Å². The average molecular weight is 257 g/mol. The highest BCUT2D eigenvalue weighted by atomic mass is 79.9. The number of anilines is 1. The van der Waals surface area contributed by atoms with Crippen LogP contribution in [0, 0.1) is 0 Å². The van der Waals surface area contributed by atoms with Crippen LogP contribution in [0.25, 0.3) is 0 Å². The summed E-state index contributed by atoms with van der Waals surface area (Å²) in [5.74, 6) is 0.938. The normalized spacial score (nSPS) is 16.3. The summed E-state index contributed by atoms with van der Waals surface area (Å²) in [6, 6.07) is 1.93. The summed E-state index contributed by atoms with van der Waals surface area (Å²) in [4.78, 5) is 6.58. The monoisotopic (exact) mass is 256 g/mol. The van der Waals surface area contributed by atoms with Gasteiger partial charge in [-0.05, 0) is 34.8 Å². The molecule has 3 nitrogen and oxygen atoms in total. The van der Waals surface area contributed by atoms with Crippen LogP contribution in [0.5, 0.6) is 0 Å². The maximum atomic E-state index is 9.22. The van der Waals surface area contributed by atoms with Crippen molar-refractivity contribution in [2.24, 2.45) is 0 Å². The van der Waals surface area contributed by atoms with E-state index < -0.39 is 0 Å². The van der Waals surface area contributed by atoms with Crippen LogP contribution in [0.3, 0.4) is 0 Å². The topological polar surface area (TPSA) is 36.4 Å². The van der Waals surface area contributed by atoms with Gasteiger partial charge < -0.3 is 10.0 Å². The van der Waals surface area contributed by atoms with Gasteiger partial charge in [0, 0.05) is 29.3 Å². The zero-order valence-electron chi connectivity index (χ0n) is 7.91. The Balaban J connectivity index is 2.31. The predicted octanol–water partition coefficient (Wildman–Crippen LogP) is 1.94. The van der Waals surface area contributed by atoms with Gasteiger partial charge in [-0.2, -0.15) is 0 Å². The van der Waals surface area contributed by atoms with Crippen LogP contribution in [-0.2, 0) is 6.61 Å². The summed E-state index contributed by atoms with van der Waals surface area (Å²) in [5.41, 5.74) is 0.904. The van der Waals surface area contributed by atoms with E-state index in [9.17, 15) is 5.11 Å². The van der Waals surface area contributed by atoms with E-state index in [1.807, 2.05) is 6.07 Å². The molecule has 1 saturated heterocycles. The lowest BCUT2D eigenvalue weighted by atomic mass is 10.2. The van der Waals surface area contributed by atoms with Crippen molar-refractivity contribution in [3.05, 3.63) is 22.3 Å². The number of hydrogen-bond acceptors (Lipinski definition) is 3. The van der Waals surface area contributed by atoms with Crippen LogP contribution in [0.2, 0.25) is 0 Å². The van der Waals surface area contributed by atoms with Gasteiger partial charge in [0.2, 0.25) is 0 Å². The molecular weight excluding hydrogens is 244 g/mol. The first kappa shape index (κ1) is 9.93. The minimum atomic E-state index is 0.0538. The zero-order chi connectivity index (χ0) is 9.97. The molecule has 76 valence electrons. The molecule has 0 spiro atoms. The lowest BCUT2D eigenvalue weighted by Gasteiger charge is -2.19. The summed E-state index contributed by atoms with van der Waals surface area (Å²) in [7, 11) is 0. The molecule has 0 saturated carbocycles. The summed E-state index contributed by atoms with van der Waals surface area (Å²) >= 11 is 3.35. The number of aromatic nitrogens is 1. The van der Waals surface area contributed by atoms with Crippen molar-refractivity contribution in [2.45, 2.75) is 19.4 Å². The highest BCUT2D eigenvalue weighted by molar-refractivity contribution is 9.10. The molecule has 1 fully saturated rings. The highest BCUT2D eigenvalue weighted by Crippen LogP contribution is 2.24. The van der Waals surface area contributed by atoms with Crippen LogP contribution in [0.1, 0.15) is 18.4 Å². The highest BCUT2D eigenvalue weighted by Gasteiger charge is 2.16. The van der Waals surface area contributed by atoms with Gasteiger partial charge in [-0.15, -0.1) is 0 Å². The van der Waals surface area contributed by atoms with Gasteiger partial charge in [0.1, 0.15) is 5.82 Å². The number of aliphatic hydroxyl groups is 1. The molecule has 0 radical (unpaired) electrons. The molecule has 4 heteroatoms. The van der Waals surface area contributed by atoms with E-state index in [0.29, 0.717) is 0 Å². The molecule has 1 aliphatic rings. The number of hydrogen-bond donors (Lipinski definition) is 1. The Bertz CT molecular complexity index is 324. The van der Waals surface area contributed by atoms with Crippen molar-refractivity contribution in [1.29, 1.82) is 0 Å². The van der Waals surface area contributed by atoms with Gasteiger partial charge in [0.25, 0.3) is 0 Å². The van der Waals surface area contributed by atoms with E-state index in [1.165, 1.54) is 12.8 Å². The van der Waals surface area contributed by atoms with Crippen LogP contribution in [-0.4, -0.2) is 23.2 Å². The Morgan fingerprint density at radius 3 is 2.79 bits per heavy atom. The lowest BCUT2D eigenvalue weighted by molar-refractivity contribution is 0.281. The van der Waals surface area contributed by atoms with E-state index in [2.05, 4.69) is 25.8 Å². The predicted molar refractivity (Wildman–Crippen MR) is 59.3 cm³/mol. The lowest BCUT2D eigenvalue weighted by Crippen LogP contribution is -2.20. The molecule has 0 amide bonds. The molecular formula is C10H13BrN2O.